The van der Waals surface area contributed by atoms with Gasteiger partial charge in [0, 0.05) is 31.2 Å². The average Bonchev–Trinajstić information content (AvgIpc) is 3.50. The number of aryl methyl sites for hydroxylation is 1. The first-order valence-corrected chi connectivity index (χ1v) is 9.78. The molecular weight excluding hydrogens is 390 g/mol. The van der Waals surface area contributed by atoms with Crippen LogP contribution in [0.4, 0.5) is 0 Å². The molecule has 6 heterocycles. The van der Waals surface area contributed by atoms with Gasteiger partial charge in [0.25, 0.3) is 0 Å². The monoisotopic (exact) mass is 407 g/mol. The zero-order chi connectivity index (χ0) is 20.9. The summed E-state index contributed by atoms with van der Waals surface area (Å²) in [6.45, 7) is 1.97. The summed E-state index contributed by atoms with van der Waals surface area (Å²) < 4.78 is 2.01. The topological polar surface area (TPSA) is 114 Å². The van der Waals surface area contributed by atoms with Crippen LogP contribution < -0.4 is 0 Å². The third-order valence-corrected chi connectivity index (χ3v) is 5.50. The number of hydrogen-bond acceptors (Lipinski definition) is 6. The molecular formula is C22H17N9. The van der Waals surface area contributed by atoms with E-state index in [2.05, 4.69) is 30.1 Å². The summed E-state index contributed by atoms with van der Waals surface area (Å²) in [6.07, 6.45) is 7.12. The lowest BCUT2D eigenvalue weighted by Gasteiger charge is -2.03. The Labute approximate surface area is 176 Å². The van der Waals surface area contributed by atoms with E-state index in [1.165, 1.54) is 0 Å². The van der Waals surface area contributed by atoms with E-state index in [1.807, 2.05) is 55.1 Å². The standard InChI is InChI=1S/C22H17N9/c1-12-25-11-17(31(12)2)15-3-4-16-19(26-15)20(30-29-16)22-27-18-14(7-10-24-21(18)28-22)13-5-8-23-9-6-13/h3-11H,1-2H3,(H,29,30)(H,24,27,28). The highest BCUT2D eigenvalue weighted by Gasteiger charge is 2.18. The maximum atomic E-state index is 4.86. The van der Waals surface area contributed by atoms with Crippen LogP contribution in [0.25, 0.3) is 56.2 Å². The van der Waals surface area contributed by atoms with E-state index in [1.54, 1.807) is 18.6 Å². The predicted octanol–water partition coefficient (Wildman–Crippen LogP) is 3.67. The molecule has 9 nitrogen and oxygen atoms in total. The van der Waals surface area contributed by atoms with Crippen molar-refractivity contribution in [1.29, 1.82) is 0 Å². The Morgan fingerprint density at radius 2 is 1.81 bits per heavy atom. The maximum Gasteiger partial charge on any atom is 0.178 e. The normalized spacial score (nSPS) is 11.5. The third kappa shape index (κ3) is 2.71. The van der Waals surface area contributed by atoms with Gasteiger partial charge in [0.2, 0.25) is 0 Å². The summed E-state index contributed by atoms with van der Waals surface area (Å²) in [5, 5.41) is 7.54. The van der Waals surface area contributed by atoms with E-state index in [4.69, 9.17) is 9.97 Å². The highest BCUT2D eigenvalue weighted by Crippen LogP contribution is 2.30. The van der Waals surface area contributed by atoms with Gasteiger partial charge in [-0.3, -0.25) is 10.1 Å². The number of aromatic nitrogens is 9. The van der Waals surface area contributed by atoms with Crippen molar-refractivity contribution in [1.82, 2.24) is 44.7 Å². The molecule has 0 aliphatic rings. The molecule has 0 aliphatic heterocycles. The second kappa shape index (κ2) is 6.56. The first-order valence-electron chi connectivity index (χ1n) is 9.78. The first kappa shape index (κ1) is 17.5. The minimum atomic E-state index is 0.612. The predicted molar refractivity (Wildman–Crippen MR) is 117 cm³/mol. The van der Waals surface area contributed by atoms with Gasteiger partial charge in [0.15, 0.2) is 17.2 Å². The highest BCUT2D eigenvalue weighted by atomic mass is 15.2. The fourth-order valence-electron chi connectivity index (χ4n) is 3.74. The lowest BCUT2D eigenvalue weighted by molar-refractivity contribution is 0.862. The molecule has 0 radical (unpaired) electrons. The van der Waals surface area contributed by atoms with Crippen molar-refractivity contribution in [3.8, 4) is 34.0 Å². The maximum absolute atomic E-state index is 4.86. The number of H-pyrrole nitrogens is 2. The van der Waals surface area contributed by atoms with E-state index in [0.717, 1.165) is 44.9 Å². The van der Waals surface area contributed by atoms with Crippen molar-refractivity contribution in [3.63, 3.8) is 0 Å². The van der Waals surface area contributed by atoms with Crippen molar-refractivity contribution < 1.29 is 0 Å². The van der Waals surface area contributed by atoms with Crippen molar-refractivity contribution in [2.75, 3.05) is 0 Å². The van der Waals surface area contributed by atoms with Crippen LogP contribution in [-0.2, 0) is 7.05 Å². The Balaban J connectivity index is 1.52. The van der Waals surface area contributed by atoms with E-state index >= 15 is 0 Å². The molecule has 6 aromatic heterocycles. The van der Waals surface area contributed by atoms with Crippen molar-refractivity contribution in [2.24, 2.45) is 7.05 Å². The summed E-state index contributed by atoms with van der Waals surface area (Å²) >= 11 is 0. The smallest absolute Gasteiger partial charge is 0.178 e. The Morgan fingerprint density at radius 3 is 2.61 bits per heavy atom. The van der Waals surface area contributed by atoms with Gasteiger partial charge >= 0.3 is 0 Å². The van der Waals surface area contributed by atoms with E-state index in [9.17, 15) is 0 Å². The molecule has 31 heavy (non-hydrogen) atoms. The summed E-state index contributed by atoms with van der Waals surface area (Å²) in [4.78, 5) is 25.9. The molecule has 6 rings (SSSR count). The number of rotatable bonds is 3. The zero-order valence-corrected chi connectivity index (χ0v) is 16.8. The molecule has 0 aromatic carbocycles. The Morgan fingerprint density at radius 1 is 0.935 bits per heavy atom. The molecule has 6 aromatic rings. The van der Waals surface area contributed by atoms with Crippen LogP contribution >= 0.6 is 0 Å². The van der Waals surface area contributed by atoms with Crippen LogP contribution in [0.1, 0.15) is 5.82 Å². The molecule has 0 spiro atoms. The molecule has 0 fully saturated rings. The lowest BCUT2D eigenvalue weighted by atomic mass is 10.1. The fourth-order valence-corrected chi connectivity index (χ4v) is 3.74. The van der Waals surface area contributed by atoms with Gasteiger partial charge in [-0.2, -0.15) is 5.10 Å². The number of nitrogens with one attached hydrogen (secondary N) is 2. The number of pyridine rings is 3. The van der Waals surface area contributed by atoms with Crippen molar-refractivity contribution >= 4 is 22.2 Å². The van der Waals surface area contributed by atoms with Crippen LogP contribution in [0.5, 0.6) is 0 Å². The molecule has 2 N–H and O–H groups in total. The second-order valence-corrected chi connectivity index (χ2v) is 7.29. The van der Waals surface area contributed by atoms with E-state index < -0.39 is 0 Å². The zero-order valence-electron chi connectivity index (χ0n) is 16.8. The van der Waals surface area contributed by atoms with Crippen LogP contribution in [0, 0.1) is 6.92 Å². The largest absolute Gasteiger partial charge is 0.335 e. The second-order valence-electron chi connectivity index (χ2n) is 7.29. The molecule has 0 aliphatic carbocycles. The third-order valence-electron chi connectivity index (χ3n) is 5.50. The molecule has 0 saturated carbocycles. The van der Waals surface area contributed by atoms with Gasteiger partial charge in [-0.1, -0.05) is 0 Å². The van der Waals surface area contributed by atoms with Crippen LogP contribution in [-0.4, -0.2) is 44.7 Å². The Bertz CT molecular complexity index is 1560. The summed E-state index contributed by atoms with van der Waals surface area (Å²) in [6, 6.07) is 9.82. The summed E-state index contributed by atoms with van der Waals surface area (Å²) in [5.74, 6) is 1.54. The molecule has 0 amide bonds. The average molecular weight is 407 g/mol. The number of hydrogen-bond donors (Lipinski definition) is 2. The number of aromatic amines is 2. The summed E-state index contributed by atoms with van der Waals surface area (Å²) in [5.41, 5.74) is 7.50. The first-order chi connectivity index (χ1) is 15.2. The fraction of sp³-hybridized carbons (Fsp3) is 0.0909. The van der Waals surface area contributed by atoms with Gasteiger partial charge in [0.05, 0.1) is 28.6 Å². The minimum absolute atomic E-state index is 0.612. The molecule has 9 heteroatoms. The number of nitrogens with zero attached hydrogens (tertiary/aromatic N) is 7. The van der Waals surface area contributed by atoms with Gasteiger partial charge in [-0.25, -0.2) is 19.9 Å². The van der Waals surface area contributed by atoms with Crippen molar-refractivity contribution in [3.05, 3.63) is 60.9 Å². The number of imidazole rings is 2. The van der Waals surface area contributed by atoms with Gasteiger partial charge in [-0.05, 0) is 42.8 Å². The Kier molecular flexibility index (Phi) is 3.69. The van der Waals surface area contributed by atoms with E-state index in [-0.39, 0.29) is 0 Å². The molecule has 0 bridgehead atoms. The lowest BCUT2D eigenvalue weighted by Crippen LogP contribution is -1.96. The SMILES string of the molecule is Cc1ncc(-c2ccc3[nH]nc(-c4nc5nccc(-c6ccncc6)c5[nH]4)c3n2)n1C. The Hall–Kier alpha value is -4.40. The minimum Gasteiger partial charge on any atom is -0.335 e. The van der Waals surface area contributed by atoms with Crippen LogP contribution in [0.15, 0.2) is 55.1 Å². The molecule has 0 atom stereocenters. The van der Waals surface area contributed by atoms with Crippen LogP contribution in [0.2, 0.25) is 0 Å². The molecule has 0 unspecified atom stereocenters. The quantitative estimate of drug-likeness (QED) is 0.463. The van der Waals surface area contributed by atoms with Gasteiger partial charge in [-0.15, -0.1) is 0 Å². The summed E-state index contributed by atoms with van der Waals surface area (Å²) in [7, 11) is 1.98. The van der Waals surface area contributed by atoms with Crippen molar-refractivity contribution in [2.45, 2.75) is 6.92 Å². The van der Waals surface area contributed by atoms with Gasteiger partial charge < -0.3 is 9.55 Å². The van der Waals surface area contributed by atoms with Gasteiger partial charge in [0.1, 0.15) is 11.3 Å². The highest BCUT2D eigenvalue weighted by molar-refractivity contribution is 5.94. The van der Waals surface area contributed by atoms with Crippen LogP contribution in [0.3, 0.4) is 0 Å². The number of fused-ring (bicyclic) bond motifs is 2. The molecule has 150 valence electrons. The molecule has 0 saturated heterocycles. The van der Waals surface area contributed by atoms with E-state index in [0.29, 0.717) is 17.2 Å².